The van der Waals surface area contributed by atoms with Gasteiger partial charge in [-0.3, -0.25) is 4.90 Å². The average Bonchev–Trinajstić information content (AvgIpc) is 3.89. The van der Waals surface area contributed by atoms with Crippen molar-refractivity contribution in [1.82, 2.24) is 0 Å². The molecule has 7 aromatic carbocycles. The maximum Gasteiger partial charge on any atom is 0.337 e. The van der Waals surface area contributed by atoms with Crippen molar-refractivity contribution in [2.45, 2.75) is 123 Å². The lowest BCUT2D eigenvalue weighted by Gasteiger charge is -2.47. The number of nitrogens with zero attached hydrogens (tertiary/aromatic N) is 2. The minimum Gasteiger partial charge on any atom is -0.440 e. The van der Waals surface area contributed by atoms with Crippen LogP contribution in [0.5, 0.6) is 0 Å². The molecule has 0 saturated heterocycles. The van der Waals surface area contributed by atoms with E-state index < -0.39 is 0 Å². The molecule has 0 bridgehead atoms. The number of rotatable bonds is 5. The van der Waals surface area contributed by atoms with Gasteiger partial charge in [0, 0.05) is 38.6 Å². The van der Waals surface area contributed by atoms with Crippen molar-refractivity contribution in [1.29, 1.82) is 0 Å². The highest BCUT2D eigenvalue weighted by Crippen LogP contribution is 2.61. The van der Waals surface area contributed by atoms with Gasteiger partial charge >= 0.3 is 6.85 Å². The van der Waals surface area contributed by atoms with Crippen LogP contribution < -0.4 is 20.6 Å². The van der Waals surface area contributed by atoms with Gasteiger partial charge in [-0.05, 0) is 164 Å². The monoisotopic (exact) mass is 872 g/mol. The van der Waals surface area contributed by atoms with E-state index in [1.165, 1.54) is 136 Å². The first-order valence-electron chi connectivity index (χ1n) is 25.1. The molecule has 2 aliphatic heterocycles. The molecule has 0 spiro atoms. The van der Waals surface area contributed by atoms with E-state index in [4.69, 9.17) is 4.42 Å². The van der Waals surface area contributed by atoms with E-state index in [2.05, 4.69) is 206 Å². The number of hydrogen-bond donors (Lipinski definition) is 0. The molecule has 0 amide bonds. The Morgan fingerprint density at radius 1 is 0.552 bits per heavy atom. The lowest BCUT2D eigenvalue weighted by Crippen LogP contribution is -2.61. The maximum atomic E-state index is 7.49. The number of furan rings is 1. The quantitative estimate of drug-likeness (QED) is 0.161. The molecule has 4 heteroatoms. The first kappa shape index (κ1) is 41.0. The molecular formula is C63H61BN2O. The van der Waals surface area contributed by atoms with Crippen molar-refractivity contribution in [3.8, 4) is 33.4 Å². The van der Waals surface area contributed by atoms with Crippen molar-refractivity contribution in [3.63, 3.8) is 0 Å². The zero-order valence-electron chi connectivity index (χ0n) is 41.0. The fourth-order valence-electron chi connectivity index (χ4n) is 13.6. The van der Waals surface area contributed by atoms with Gasteiger partial charge in [0.05, 0.1) is 11.4 Å². The summed E-state index contributed by atoms with van der Waals surface area (Å²) in [4.78, 5) is 5.34. The van der Waals surface area contributed by atoms with E-state index in [0.29, 0.717) is 0 Å². The van der Waals surface area contributed by atoms with E-state index in [1.54, 1.807) is 0 Å². The van der Waals surface area contributed by atoms with Crippen LogP contribution in [0, 0.1) is 6.92 Å². The van der Waals surface area contributed by atoms with Gasteiger partial charge in [-0.25, -0.2) is 0 Å². The van der Waals surface area contributed by atoms with Crippen LogP contribution >= 0.6 is 0 Å². The number of fused-ring (bicyclic) bond motifs is 14. The van der Waals surface area contributed by atoms with E-state index in [9.17, 15) is 0 Å². The molecule has 5 aliphatic rings. The molecule has 0 radical (unpaired) electrons. The number of para-hydroxylation sites is 1. The molecule has 0 unspecified atom stereocenters. The summed E-state index contributed by atoms with van der Waals surface area (Å²) in [6, 6.07) is 49.6. The second-order valence-electron chi connectivity index (χ2n) is 23.0. The SMILES string of the molecule is CCCCc1ccc(N2B3c4c(cc5c(c4N(c4cc6c(cc4C)C(C)(C)CCC6(C)C)c4oc6ccccc6c43)C(C)(C)c3ccccc3-5)-c3cc4c(cc32)C(C)(C)c2ccccc2-4)cc1. The van der Waals surface area contributed by atoms with E-state index in [-0.39, 0.29) is 28.5 Å². The highest BCUT2D eigenvalue weighted by Gasteiger charge is 2.53. The Morgan fingerprint density at radius 2 is 1.16 bits per heavy atom. The minimum absolute atomic E-state index is 0.0272. The molecule has 1 aromatic heterocycles. The highest BCUT2D eigenvalue weighted by molar-refractivity contribution is 6.95. The molecule has 3 heterocycles. The molecule has 3 nitrogen and oxygen atoms in total. The largest absolute Gasteiger partial charge is 0.440 e. The van der Waals surface area contributed by atoms with E-state index in [1.807, 2.05) is 0 Å². The van der Waals surface area contributed by atoms with Crippen LogP contribution in [0.1, 0.15) is 133 Å². The standard InChI is InChI=1S/C63H61BN2O/c1-11-12-19-38-26-28-39(29-27-38)66-53-35-49-43(40-20-13-16-23-47(40)62(49,7)8)33-44(53)46-34-45-41-21-14-17-24-48(41)63(9,10)55(45)58-56(46)64(66)57-42-22-15-18-25-54(42)67-59(57)65(58)52-36-51-50(32-37(52)2)60(3,4)30-31-61(51,5)6/h13-18,20-29,32-36H,11-12,19,30-31H2,1-10H3. The Hall–Kier alpha value is -6.26. The molecule has 3 aliphatic carbocycles. The molecule has 0 N–H and O–H groups in total. The zero-order chi connectivity index (χ0) is 46.1. The molecule has 332 valence electrons. The summed E-state index contributed by atoms with van der Waals surface area (Å²) < 4.78 is 7.49. The number of hydrogen-bond acceptors (Lipinski definition) is 3. The van der Waals surface area contributed by atoms with Crippen LogP contribution in [0.15, 0.2) is 132 Å². The number of benzene rings is 7. The van der Waals surface area contributed by atoms with E-state index >= 15 is 0 Å². The van der Waals surface area contributed by atoms with Gasteiger partial charge in [-0.2, -0.15) is 0 Å². The van der Waals surface area contributed by atoms with Gasteiger partial charge in [0.25, 0.3) is 0 Å². The summed E-state index contributed by atoms with van der Waals surface area (Å²) in [6.45, 7) is 24.0. The van der Waals surface area contributed by atoms with Crippen molar-refractivity contribution >= 4 is 57.4 Å². The normalized spacial score (nSPS) is 17.9. The van der Waals surface area contributed by atoms with Crippen LogP contribution in [0.3, 0.4) is 0 Å². The van der Waals surface area contributed by atoms with Gasteiger partial charge in [-0.15, -0.1) is 0 Å². The smallest absolute Gasteiger partial charge is 0.337 e. The summed E-state index contributed by atoms with van der Waals surface area (Å²) in [6.07, 6.45) is 5.79. The van der Waals surface area contributed by atoms with Gasteiger partial charge in [0.2, 0.25) is 5.88 Å². The molecule has 8 aromatic rings. The summed E-state index contributed by atoms with van der Waals surface area (Å²) in [5.41, 5.74) is 27.3. The predicted molar refractivity (Wildman–Crippen MR) is 284 cm³/mol. The predicted octanol–water partition coefficient (Wildman–Crippen LogP) is 15.8. The summed E-state index contributed by atoms with van der Waals surface area (Å²) in [5, 5.41) is 1.17. The van der Waals surface area contributed by atoms with Crippen molar-refractivity contribution in [2.24, 2.45) is 0 Å². The first-order valence-corrected chi connectivity index (χ1v) is 25.1. The second-order valence-corrected chi connectivity index (χ2v) is 23.0. The third-order valence-electron chi connectivity index (χ3n) is 17.4. The van der Waals surface area contributed by atoms with Crippen LogP contribution in [0.2, 0.25) is 0 Å². The Labute approximate surface area is 398 Å². The second kappa shape index (κ2) is 13.7. The third kappa shape index (κ3) is 5.42. The average molecular weight is 873 g/mol. The molecule has 0 fully saturated rings. The lowest BCUT2D eigenvalue weighted by molar-refractivity contribution is 0.332. The van der Waals surface area contributed by atoms with Gasteiger partial charge in [0.15, 0.2) is 0 Å². The summed E-state index contributed by atoms with van der Waals surface area (Å²) >= 11 is 0. The van der Waals surface area contributed by atoms with Gasteiger partial charge < -0.3 is 9.23 Å². The fraction of sp³-hybridized carbons (Fsp3) is 0.302. The molecule has 13 rings (SSSR count). The van der Waals surface area contributed by atoms with Crippen LogP contribution in [0.25, 0.3) is 44.3 Å². The Balaban J connectivity index is 1.21. The maximum absolute atomic E-state index is 7.49. The highest BCUT2D eigenvalue weighted by atomic mass is 16.4. The van der Waals surface area contributed by atoms with Crippen molar-refractivity contribution in [2.75, 3.05) is 9.71 Å². The number of unbranched alkanes of at least 4 members (excludes halogenated alkanes) is 1. The van der Waals surface area contributed by atoms with Crippen LogP contribution in [0.4, 0.5) is 28.6 Å². The van der Waals surface area contributed by atoms with Gasteiger partial charge in [0.1, 0.15) is 5.58 Å². The topological polar surface area (TPSA) is 19.6 Å². The minimum atomic E-state index is -0.293. The molecule has 0 saturated carbocycles. The number of aryl methyl sites for hydroxylation is 2. The summed E-state index contributed by atoms with van der Waals surface area (Å²) in [7, 11) is 0. The summed E-state index contributed by atoms with van der Waals surface area (Å²) in [5.74, 6) is 0.933. The Kier molecular flexibility index (Phi) is 8.37. The lowest BCUT2D eigenvalue weighted by atomic mass is 9.43. The third-order valence-corrected chi connectivity index (χ3v) is 17.4. The Bertz CT molecular complexity index is 3430. The van der Waals surface area contributed by atoms with E-state index in [0.717, 1.165) is 24.3 Å². The number of anilines is 5. The molecular weight excluding hydrogens is 812 g/mol. The van der Waals surface area contributed by atoms with Crippen LogP contribution in [-0.2, 0) is 28.1 Å². The van der Waals surface area contributed by atoms with Crippen LogP contribution in [-0.4, -0.2) is 6.85 Å². The molecule has 67 heavy (non-hydrogen) atoms. The first-order chi connectivity index (χ1) is 32.1. The molecule has 0 atom stereocenters. The fourth-order valence-corrected chi connectivity index (χ4v) is 13.6. The van der Waals surface area contributed by atoms with Gasteiger partial charge in [-0.1, -0.05) is 154 Å². The van der Waals surface area contributed by atoms with Crippen molar-refractivity contribution < 1.29 is 4.42 Å². The van der Waals surface area contributed by atoms with Crippen molar-refractivity contribution in [3.05, 3.63) is 172 Å². The Morgan fingerprint density at radius 3 is 1.88 bits per heavy atom. The zero-order valence-corrected chi connectivity index (χ0v) is 41.0.